The predicted molar refractivity (Wildman–Crippen MR) is 124 cm³/mol. The standard InChI is InChI=1S/C26H24ClFN2O3/c1-16-19(17-5-6-22-23(10-17)33-8-7-32-22)3-2-4-20(16)24-21(28)9-18(25(27)29-24)11-30-12-26(13-30)14-31-15-26/h2-6,9-10H,7-8,11-15H2,1H3. The molecule has 0 N–H and O–H groups in total. The fraction of sp³-hybridized carbons (Fsp3) is 0.346. The second-order valence-electron chi connectivity index (χ2n) is 9.24. The topological polar surface area (TPSA) is 43.8 Å². The maximum Gasteiger partial charge on any atom is 0.161 e. The Balaban J connectivity index is 1.29. The Bertz CT molecular complexity index is 1240. The molecular formula is C26H24ClFN2O3. The first-order valence-electron chi connectivity index (χ1n) is 11.2. The summed E-state index contributed by atoms with van der Waals surface area (Å²) in [6, 6.07) is 13.2. The van der Waals surface area contributed by atoms with E-state index in [9.17, 15) is 0 Å². The van der Waals surface area contributed by atoms with Crippen molar-refractivity contribution in [1.29, 1.82) is 0 Å². The van der Waals surface area contributed by atoms with Gasteiger partial charge in [0.1, 0.15) is 29.9 Å². The maximum atomic E-state index is 15.3. The SMILES string of the molecule is Cc1c(-c2ccc3c(c2)OCCO3)cccc1-c1nc(Cl)c(CN2CC3(COC3)C2)cc1F. The minimum Gasteiger partial charge on any atom is -0.486 e. The summed E-state index contributed by atoms with van der Waals surface area (Å²) in [7, 11) is 0. The van der Waals surface area contributed by atoms with E-state index >= 15 is 4.39 Å². The lowest BCUT2D eigenvalue weighted by atomic mass is 9.78. The van der Waals surface area contributed by atoms with Crippen LogP contribution in [-0.4, -0.2) is 49.4 Å². The maximum absolute atomic E-state index is 15.3. The van der Waals surface area contributed by atoms with E-state index in [2.05, 4.69) is 9.88 Å². The molecule has 3 aliphatic rings. The Morgan fingerprint density at radius 2 is 1.79 bits per heavy atom. The summed E-state index contributed by atoms with van der Waals surface area (Å²) in [5.74, 6) is 1.10. The summed E-state index contributed by atoms with van der Waals surface area (Å²) in [6.07, 6.45) is 0. The van der Waals surface area contributed by atoms with Gasteiger partial charge in [-0.05, 0) is 41.8 Å². The minimum absolute atomic E-state index is 0.271. The summed E-state index contributed by atoms with van der Waals surface area (Å²) in [4.78, 5) is 6.75. The van der Waals surface area contributed by atoms with Crippen molar-refractivity contribution in [3.05, 3.63) is 64.6 Å². The highest BCUT2D eigenvalue weighted by atomic mass is 35.5. The number of halogens is 2. The summed E-state index contributed by atoms with van der Waals surface area (Å²) in [5.41, 5.74) is 4.92. The number of hydrogen-bond donors (Lipinski definition) is 0. The lowest BCUT2D eigenvalue weighted by Gasteiger charge is -2.55. The van der Waals surface area contributed by atoms with Crippen LogP contribution in [0.1, 0.15) is 11.1 Å². The third-order valence-electron chi connectivity index (χ3n) is 6.77. The molecule has 2 aromatic carbocycles. The van der Waals surface area contributed by atoms with Gasteiger partial charge in [0.2, 0.25) is 0 Å². The zero-order valence-corrected chi connectivity index (χ0v) is 19.1. The van der Waals surface area contributed by atoms with Gasteiger partial charge in [-0.15, -0.1) is 0 Å². The average molecular weight is 467 g/mol. The van der Waals surface area contributed by atoms with Crippen molar-refractivity contribution in [3.8, 4) is 33.9 Å². The van der Waals surface area contributed by atoms with E-state index in [4.69, 9.17) is 25.8 Å². The van der Waals surface area contributed by atoms with Crippen molar-refractivity contribution in [2.45, 2.75) is 13.5 Å². The van der Waals surface area contributed by atoms with Crippen molar-refractivity contribution in [2.24, 2.45) is 5.41 Å². The second-order valence-corrected chi connectivity index (χ2v) is 9.60. The van der Waals surface area contributed by atoms with Crippen LogP contribution in [0.2, 0.25) is 5.15 Å². The summed E-state index contributed by atoms with van der Waals surface area (Å²) < 4.78 is 31.9. The second kappa shape index (κ2) is 7.97. The van der Waals surface area contributed by atoms with Gasteiger partial charge in [-0.3, -0.25) is 4.90 Å². The molecule has 33 heavy (non-hydrogen) atoms. The van der Waals surface area contributed by atoms with Gasteiger partial charge in [0.25, 0.3) is 0 Å². The van der Waals surface area contributed by atoms with Gasteiger partial charge >= 0.3 is 0 Å². The molecular weight excluding hydrogens is 443 g/mol. The Morgan fingerprint density at radius 3 is 2.55 bits per heavy atom. The Kier molecular flexibility index (Phi) is 5.05. The molecule has 1 spiro atoms. The fourth-order valence-electron chi connectivity index (χ4n) is 5.05. The van der Waals surface area contributed by atoms with Crippen molar-refractivity contribution < 1.29 is 18.6 Å². The largest absolute Gasteiger partial charge is 0.486 e. The first-order chi connectivity index (χ1) is 16.0. The molecule has 0 unspecified atom stereocenters. The summed E-state index contributed by atoms with van der Waals surface area (Å²) in [6.45, 7) is 7.22. The van der Waals surface area contributed by atoms with Crippen LogP contribution in [0.15, 0.2) is 42.5 Å². The molecule has 7 heteroatoms. The van der Waals surface area contributed by atoms with E-state index in [-0.39, 0.29) is 11.5 Å². The molecule has 0 saturated carbocycles. The molecule has 4 heterocycles. The van der Waals surface area contributed by atoms with Crippen LogP contribution in [0.5, 0.6) is 11.5 Å². The Morgan fingerprint density at radius 1 is 1.03 bits per heavy atom. The van der Waals surface area contributed by atoms with Gasteiger partial charge in [-0.2, -0.15) is 0 Å². The quantitative estimate of drug-likeness (QED) is 0.499. The van der Waals surface area contributed by atoms with Crippen LogP contribution in [0, 0.1) is 18.2 Å². The highest BCUT2D eigenvalue weighted by molar-refractivity contribution is 6.30. The fourth-order valence-corrected chi connectivity index (χ4v) is 5.25. The Hall–Kier alpha value is -2.67. The van der Waals surface area contributed by atoms with Gasteiger partial charge in [-0.25, -0.2) is 9.37 Å². The number of hydrogen-bond acceptors (Lipinski definition) is 5. The van der Waals surface area contributed by atoms with Crippen LogP contribution >= 0.6 is 11.6 Å². The molecule has 5 nitrogen and oxygen atoms in total. The first kappa shape index (κ1) is 20.9. The highest BCUT2D eigenvalue weighted by Gasteiger charge is 2.48. The van der Waals surface area contributed by atoms with Gasteiger partial charge in [-0.1, -0.05) is 35.9 Å². The van der Waals surface area contributed by atoms with Crippen molar-refractivity contribution in [2.75, 3.05) is 39.5 Å². The number of likely N-dealkylation sites (tertiary alicyclic amines) is 1. The van der Waals surface area contributed by atoms with Crippen molar-refractivity contribution >= 4 is 11.6 Å². The summed E-state index contributed by atoms with van der Waals surface area (Å²) in [5, 5.41) is 0.348. The van der Waals surface area contributed by atoms with E-state index in [0.717, 1.165) is 60.1 Å². The van der Waals surface area contributed by atoms with Crippen LogP contribution in [-0.2, 0) is 11.3 Å². The normalized spacial score (nSPS) is 18.6. The van der Waals surface area contributed by atoms with Crippen molar-refractivity contribution in [1.82, 2.24) is 9.88 Å². The van der Waals surface area contributed by atoms with E-state index in [1.165, 1.54) is 6.07 Å². The van der Waals surface area contributed by atoms with Crippen molar-refractivity contribution in [3.63, 3.8) is 0 Å². The third kappa shape index (κ3) is 3.66. The molecule has 0 amide bonds. The summed E-state index contributed by atoms with van der Waals surface area (Å²) >= 11 is 6.52. The van der Waals surface area contributed by atoms with E-state index in [1.807, 2.05) is 43.3 Å². The van der Waals surface area contributed by atoms with Gasteiger partial charge < -0.3 is 14.2 Å². The average Bonchev–Trinajstić information content (AvgIpc) is 2.76. The lowest BCUT2D eigenvalue weighted by molar-refractivity contribution is -0.191. The monoisotopic (exact) mass is 466 g/mol. The zero-order chi connectivity index (χ0) is 22.6. The number of fused-ring (bicyclic) bond motifs is 1. The van der Waals surface area contributed by atoms with Gasteiger partial charge in [0.05, 0.1) is 13.2 Å². The number of pyridine rings is 1. The first-order valence-corrected chi connectivity index (χ1v) is 11.5. The number of benzene rings is 2. The highest BCUT2D eigenvalue weighted by Crippen LogP contribution is 2.40. The molecule has 170 valence electrons. The third-order valence-corrected chi connectivity index (χ3v) is 7.10. The molecule has 0 radical (unpaired) electrons. The molecule has 0 aliphatic carbocycles. The molecule has 2 saturated heterocycles. The minimum atomic E-state index is -0.362. The molecule has 1 aromatic heterocycles. The molecule has 6 rings (SSSR count). The number of ether oxygens (including phenoxy) is 3. The van der Waals surface area contributed by atoms with E-state index in [1.54, 1.807) is 0 Å². The number of rotatable bonds is 4. The molecule has 3 aromatic rings. The smallest absolute Gasteiger partial charge is 0.161 e. The number of aromatic nitrogens is 1. The Labute approximate surface area is 197 Å². The molecule has 3 aliphatic heterocycles. The van der Waals surface area contributed by atoms with Crippen LogP contribution in [0.3, 0.4) is 0 Å². The zero-order valence-electron chi connectivity index (χ0n) is 18.4. The molecule has 0 atom stereocenters. The van der Waals surface area contributed by atoms with Gasteiger partial charge in [0, 0.05) is 36.2 Å². The van der Waals surface area contributed by atoms with Gasteiger partial charge in [0.15, 0.2) is 11.5 Å². The predicted octanol–water partition coefficient (Wildman–Crippen LogP) is 5.12. The lowest BCUT2D eigenvalue weighted by Crippen LogP contribution is -2.65. The number of nitrogens with zero attached hydrogens (tertiary/aromatic N) is 2. The van der Waals surface area contributed by atoms with E-state index in [0.29, 0.717) is 35.9 Å². The van der Waals surface area contributed by atoms with E-state index < -0.39 is 0 Å². The molecule has 2 fully saturated rings. The van der Waals surface area contributed by atoms with Crippen LogP contribution in [0.25, 0.3) is 22.4 Å². The van der Waals surface area contributed by atoms with Crippen LogP contribution in [0.4, 0.5) is 4.39 Å². The van der Waals surface area contributed by atoms with Crippen LogP contribution < -0.4 is 9.47 Å². The molecule has 0 bridgehead atoms.